The minimum Gasteiger partial charge on any atom is -0.486 e. The summed E-state index contributed by atoms with van der Waals surface area (Å²) in [7, 11) is 0. The van der Waals surface area contributed by atoms with Crippen molar-refractivity contribution in [3.8, 4) is 28.7 Å². The first-order valence-electron chi connectivity index (χ1n) is 12.5. The lowest BCUT2D eigenvalue weighted by atomic mass is 10.0. The van der Waals surface area contributed by atoms with Gasteiger partial charge in [-0.05, 0) is 54.0 Å². The number of para-hydroxylation sites is 2. The Labute approximate surface area is 219 Å². The van der Waals surface area contributed by atoms with E-state index in [2.05, 4.69) is 29.2 Å². The monoisotopic (exact) mass is 514 g/mol. The predicted molar refractivity (Wildman–Crippen MR) is 139 cm³/mol. The zero-order valence-electron chi connectivity index (χ0n) is 20.2. The Morgan fingerprint density at radius 1 is 0.838 bits per heavy atom. The zero-order valence-corrected chi connectivity index (χ0v) is 21.0. The molecule has 3 aromatic carbocycles. The van der Waals surface area contributed by atoms with E-state index in [9.17, 15) is 0 Å². The van der Waals surface area contributed by atoms with Crippen LogP contribution in [0, 0.1) is 4.77 Å². The largest absolute Gasteiger partial charge is 0.486 e. The maximum atomic E-state index is 6.36. The Bertz CT molecular complexity index is 1530. The number of nitrogens with zero attached hydrogens (tertiary/aromatic N) is 4. The van der Waals surface area contributed by atoms with Crippen molar-refractivity contribution < 1.29 is 18.9 Å². The molecule has 0 aliphatic carbocycles. The topological polar surface area (TPSA) is 62.9 Å². The Balaban J connectivity index is 1.27. The standard InChI is InChI=1S/C28H26N4O4S/c37-28-31(18-30-12-11-19-5-1-2-6-20(19)16-30)29-27(26-17-35-22-7-3-4-8-24(22)36-26)32(28)21-9-10-23-25(15-21)34-14-13-33-23/h1-10,15,26H,11-14,16-18H2. The summed E-state index contributed by atoms with van der Waals surface area (Å²) in [6, 6.07) is 22.2. The third-order valence-electron chi connectivity index (χ3n) is 6.99. The van der Waals surface area contributed by atoms with Gasteiger partial charge in [-0.3, -0.25) is 9.47 Å². The lowest BCUT2D eigenvalue weighted by molar-refractivity contribution is 0.0828. The minimum atomic E-state index is -0.423. The molecule has 3 aliphatic rings. The van der Waals surface area contributed by atoms with Gasteiger partial charge in [0.25, 0.3) is 0 Å². The maximum Gasteiger partial charge on any atom is 0.203 e. The Hall–Kier alpha value is -3.82. The minimum absolute atomic E-state index is 0.338. The quantitative estimate of drug-likeness (QED) is 0.366. The summed E-state index contributed by atoms with van der Waals surface area (Å²) in [4.78, 5) is 2.37. The van der Waals surface area contributed by atoms with E-state index in [1.807, 2.05) is 51.7 Å². The third kappa shape index (κ3) is 4.14. The van der Waals surface area contributed by atoms with Crippen molar-refractivity contribution in [1.29, 1.82) is 0 Å². The van der Waals surface area contributed by atoms with Gasteiger partial charge in [0.2, 0.25) is 4.77 Å². The second kappa shape index (κ2) is 9.24. The molecular formula is C28H26N4O4S. The molecule has 0 spiro atoms. The second-order valence-electron chi connectivity index (χ2n) is 9.38. The molecule has 1 atom stereocenters. The molecule has 188 valence electrons. The van der Waals surface area contributed by atoms with Crippen LogP contribution in [0.3, 0.4) is 0 Å². The van der Waals surface area contributed by atoms with Gasteiger partial charge in [0, 0.05) is 19.2 Å². The van der Waals surface area contributed by atoms with Crippen molar-refractivity contribution >= 4 is 12.2 Å². The lowest BCUT2D eigenvalue weighted by Crippen LogP contribution is -2.32. The molecule has 0 fully saturated rings. The first-order valence-corrected chi connectivity index (χ1v) is 12.9. The van der Waals surface area contributed by atoms with Crippen LogP contribution < -0.4 is 18.9 Å². The van der Waals surface area contributed by atoms with Crippen molar-refractivity contribution in [3.05, 3.63) is 88.5 Å². The van der Waals surface area contributed by atoms with E-state index in [-0.39, 0.29) is 0 Å². The van der Waals surface area contributed by atoms with E-state index in [0.717, 1.165) is 36.7 Å². The van der Waals surface area contributed by atoms with Crippen LogP contribution in [0.25, 0.3) is 5.69 Å². The Kier molecular flexibility index (Phi) is 5.59. The van der Waals surface area contributed by atoms with Crippen LogP contribution in [0.4, 0.5) is 0 Å². The van der Waals surface area contributed by atoms with Gasteiger partial charge in [-0.1, -0.05) is 36.4 Å². The van der Waals surface area contributed by atoms with Crippen molar-refractivity contribution in [2.24, 2.45) is 0 Å². The molecule has 9 heteroatoms. The van der Waals surface area contributed by atoms with Gasteiger partial charge >= 0.3 is 0 Å². The molecule has 0 saturated heterocycles. The molecule has 4 aromatic rings. The highest BCUT2D eigenvalue weighted by molar-refractivity contribution is 7.71. The number of fused-ring (bicyclic) bond motifs is 3. The van der Waals surface area contributed by atoms with E-state index < -0.39 is 6.10 Å². The highest BCUT2D eigenvalue weighted by Gasteiger charge is 2.30. The molecule has 4 heterocycles. The number of ether oxygens (including phenoxy) is 4. The van der Waals surface area contributed by atoms with Gasteiger partial charge in [0.15, 0.2) is 34.9 Å². The van der Waals surface area contributed by atoms with Gasteiger partial charge in [-0.25, -0.2) is 4.68 Å². The number of aromatic nitrogens is 3. The number of hydrogen-bond acceptors (Lipinski definition) is 7. The maximum absolute atomic E-state index is 6.36. The molecule has 7 rings (SSSR count). The highest BCUT2D eigenvalue weighted by Crippen LogP contribution is 2.37. The molecule has 0 bridgehead atoms. The lowest BCUT2D eigenvalue weighted by Gasteiger charge is -2.28. The Morgan fingerprint density at radius 2 is 1.59 bits per heavy atom. The summed E-state index contributed by atoms with van der Waals surface area (Å²) < 4.78 is 28.4. The van der Waals surface area contributed by atoms with Crippen LogP contribution in [0.2, 0.25) is 0 Å². The summed E-state index contributed by atoms with van der Waals surface area (Å²) in [5.74, 6) is 3.54. The molecular weight excluding hydrogens is 488 g/mol. The fourth-order valence-corrected chi connectivity index (χ4v) is 5.45. The normalized spacial score (nSPS) is 18.3. The summed E-state index contributed by atoms with van der Waals surface area (Å²) >= 11 is 6.01. The molecule has 37 heavy (non-hydrogen) atoms. The number of benzene rings is 3. The van der Waals surface area contributed by atoms with Crippen molar-refractivity contribution in [2.75, 3.05) is 26.4 Å². The molecule has 1 unspecified atom stereocenters. The molecule has 3 aliphatic heterocycles. The fraction of sp³-hybridized carbons (Fsp3) is 0.286. The first-order chi connectivity index (χ1) is 18.2. The first kappa shape index (κ1) is 22.4. The van der Waals surface area contributed by atoms with Crippen LogP contribution in [-0.2, 0) is 19.6 Å². The van der Waals surface area contributed by atoms with Crippen LogP contribution in [-0.4, -0.2) is 45.6 Å². The SMILES string of the molecule is S=c1n(CN2CCc3ccccc3C2)nc(C2COc3ccccc3O2)n1-c1ccc2c(c1)OCCO2. The van der Waals surface area contributed by atoms with Crippen molar-refractivity contribution in [1.82, 2.24) is 19.2 Å². The zero-order chi connectivity index (χ0) is 24.8. The van der Waals surface area contributed by atoms with E-state index >= 15 is 0 Å². The summed E-state index contributed by atoms with van der Waals surface area (Å²) in [5.41, 5.74) is 3.62. The van der Waals surface area contributed by atoms with Crippen LogP contribution in [0.5, 0.6) is 23.0 Å². The molecule has 0 radical (unpaired) electrons. The van der Waals surface area contributed by atoms with Crippen LogP contribution >= 0.6 is 12.2 Å². The third-order valence-corrected chi connectivity index (χ3v) is 7.38. The van der Waals surface area contributed by atoms with Crippen molar-refractivity contribution in [3.63, 3.8) is 0 Å². The average Bonchev–Trinajstić information content (AvgIpc) is 3.27. The van der Waals surface area contributed by atoms with E-state index in [4.69, 9.17) is 36.3 Å². The van der Waals surface area contributed by atoms with Crippen molar-refractivity contribution in [2.45, 2.75) is 25.7 Å². The van der Waals surface area contributed by atoms with E-state index in [1.54, 1.807) is 0 Å². The van der Waals surface area contributed by atoms with Crippen LogP contribution in [0.15, 0.2) is 66.7 Å². The Morgan fingerprint density at radius 3 is 2.49 bits per heavy atom. The van der Waals surface area contributed by atoms with E-state index in [1.165, 1.54) is 11.1 Å². The second-order valence-corrected chi connectivity index (χ2v) is 9.75. The average molecular weight is 515 g/mol. The highest BCUT2D eigenvalue weighted by atomic mass is 32.1. The van der Waals surface area contributed by atoms with Gasteiger partial charge < -0.3 is 18.9 Å². The van der Waals surface area contributed by atoms with Crippen LogP contribution in [0.1, 0.15) is 23.1 Å². The van der Waals surface area contributed by atoms with Gasteiger partial charge in [0.1, 0.15) is 19.8 Å². The van der Waals surface area contributed by atoms with Gasteiger partial charge in [0.05, 0.1) is 12.4 Å². The predicted octanol–water partition coefficient (Wildman–Crippen LogP) is 4.70. The fourth-order valence-electron chi connectivity index (χ4n) is 5.15. The molecule has 0 N–H and O–H groups in total. The summed E-state index contributed by atoms with van der Waals surface area (Å²) in [6.07, 6.45) is 0.586. The van der Waals surface area contributed by atoms with Gasteiger partial charge in [-0.2, -0.15) is 5.10 Å². The molecule has 8 nitrogen and oxygen atoms in total. The van der Waals surface area contributed by atoms with E-state index in [0.29, 0.717) is 48.6 Å². The summed E-state index contributed by atoms with van der Waals surface area (Å²) in [6.45, 7) is 3.79. The smallest absolute Gasteiger partial charge is 0.203 e. The molecule has 0 amide bonds. The number of hydrogen-bond donors (Lipinski definition) is 0. The molecule has 1 aromatic heterocycles. The summed E-state index contributed by atoms with van der Waals surface area (Å²) in [5, 5.41) is 5.00. The number of rotatable bonds is 4. The van der Waals surface area contributed by atoms with Gasteiger partial charge in [-0.15, -0.1) is 0 Å². The molecule has 0 saturated carbocycles.